The van der Waals surface area contributed by atoms with Crippen molar-refractivity contribution in [3.8, 4) is 28.1 Å². The van der Waals surface area contributed by atoms with Crippen LogP contribution in [0.2, 0.25) is 0 Å². The highest BCUT2D eigenvalue weighted by atomic mass is 16.5. The number of hydrogen-bond donors (Lipinski definition) is 4. The van der Waals surface area contributed by atoms with Crippen LogP contribution in [0, 0.1) is 17.8 Å². The van der Waals surface area contributed by atoms with Crippen molar-refractivity contribution >= 4 is 45.8 Å². The van der Waals surface area contributed by atoms with E-state index in [1.54, 1.807) is 0 Å². The molecular formula is C46H56N8O7. The fourth-order valence-electron chi connectivity index (χ4n) is 9.37. The van der Waals surface area contributed by atoms with E-state index in [0.717, 1.165) is 87.0 Å². The molecule has 6 atom stereocenters. The van der Waals surface area contributed by atoms with Gasteiger partial charge in [0, 0.05) is 23.5 Å². The average molecular weight is 833 g/mol. The van der Waals surface area contributed by atoms with Gasteiger partial charge in [0.25, 0.3) is 0 Å². The molecule has 0 unspecified atom stereocenters. The molecule has 3 aliphatic rings. The van der Waals surface area contributed by atoms with Gasteiger partial charge in [-0.1, -0.05) is 59.2 Å². The van der Waals surface area contributed by atoms with Crippen LogP contribution in [0.5, 0.6) is 5.75 Å². The van der Waals surface area contributed by atoms with Crippen LogP contribution in [0.25, 0.3) is 44.2 Å². The lowest BCUT2D eigenvalue weighted by Crippen LogP contribution is -2.52. The number of alkyl carbamates (subject to hydrolysis) is 2. The largest absolute Gasteiger partial charge is 0.488 e. The maximum atomic E-state index is 14.0. The summed E-state index contributed by atoms with van der Waals surface area (Å²) in [6, 6.07) is 12.7. The first kappa shape index (κ1) is 41.6. The number of nitrogens with one attached hydrogen (secondary N) is 4. The minimum Gasteiger partial charge on any atom is -0.488 e. The molecular weight excluding hydrogens is 777 g/mol. The number of aromatic amines is 2. The van der Waals surface area contributed by atoms with E-state index in [1.165, 1.54) is 14.2 Å². The molecule has 4 N–H and O–H groups in total. The van der Waals surface area contributed by atoms with Gasteiger partial charge in [-0.2, -0.15) is 0 Å². The third-order valence-corrected chi connectivity index (χ3v) is 12.9. The minimum atomic E-state index is -0.721. The van der Waals surface area contributed by atoms with Gasteiger partial charge in [0.2, 0.25) is 11.8 Å². The Morgan fingerprint density at radius 1 is 0.869 bits per heavy atom. The first-order valence-electron chi connectivity index (χ1n) is 21.4. The number of hydrogen-bond acceptors (Lipinski definition) is 9. The predicted octanol–water partition coefficient (Wildman–Crippen LogP) is 7.78. The second-order valence-electron chi connectivity index (χ2n) is 17.4. The first-order valence-corrected chi connectivity index (χ1v) is 21.4. The lowest BCUT2D eigenvalue weighted by Gasteiger charge is -2.32. The van der Waals surface area contributed by atoms with Gasteiger partial charge in [0.1, 0.15) is 36.1 Å². The smallest absolute Gasteiger partial charge is 0.407 e. The molecule has 2 fully saturated rings. The second-order valence-corrected chi connectivity index (χ2v) is 17.4. The van der Waals surface area contributed by atoms with Crippen LogP contribution in [-0.2, 0) is 25.7 Å². The van der Waals surface area contributed by atoms with E-state index in [0.29, 0.717) is 24.9 Å². The molecule has 0 bridgehead atoms. The monoisotopic (exact) mass is 832 g/mol. The van der Waals surface area contributed by atoms with Gasteiger partial charge in [0.15, 0.2) is 0 Å². The van der Waals surface area contributed by atoms with E-state index in [2.05, 4.69) is 63.9 Å². The highest BCUT2D eigenvalue weighted by Crippen LogP contribution is 2.44. The van der Waals surface area contributed by atoms with Crippen LogP contribution >= 0.6 is 0 Å². The van der Waals surface area contributed by atoms with E-state index in [9.17, 15) is 19.2 Å². The van der Waals surface area contributed by atoms with Crippen LogP contribution in [-0.4, -0.2) is 92.6 Å². The topological polar surface area (TPSA) is 184 Å². The zero-order valence-corrected chi connectivity index (χ0v) is 36.1. The SMILES string of the molecule is CC[C@H]1C[C@@H](c2nc3c(ccc4cc5c(cc43)OCc3cc(-c4cnc([C@@H]6CC[C@H](C)N6C(=O)[C@@H](NC(=O)OC)C(C)C)[nH]4)ccc3-5)[nH]2)N(C(=O)[C@@H](NC(=O)OC)C(C)C)C1. The molecule has 0 aliphatic carbocycles. The van der Waals surface area contributed by atoms with Crippen molar-refractivity contribution in [3.63, 3.8) is 0 Å². The van der Waals surface area contributed by atoms with Crippen molar-refractivity contribution in [2.24, 2.45) is 17.8 Å². The number of likely N-dealkylation sites (tertiary alicyclic amines) is 2. The fraction of sp³-hybridized carbons (Fsp3) is 0.478. The van der Waals surface area contributed by atoms with E-state index in [-0.39, 0.29) is 41.8 Å². The Labute approximate surface area is 355 Å². The zero-order valence-electron chi connectivity index (χ0n) is 36.1. The summed E-state index contributed by atoms with van der Waals surface area (Å²) in [6.07, 6.45) is 3.83. The lowest BCUT2D eigenvalue weighted by atomic mass is 9.92. The molecule has 8 rings (SSSR count). The Balaban J connectivity index is 1.05. The van der Waals surface area contributed by atoms with Crippen LogP contribution in [0.15, 0.2) is 48.7 Å². The van der Waals surface area contributed by atoms with E-state index in [1.807, 2.05) is 56.7 Å². The molecule has 4 amide bonds. The Bertz CT molecular complexity index is 2490. The van der Waals surface area contributed by atoms with Crippen LogP contribution in [0.4, 0.5) is 9.59 Å². The predicted molar refractivity (Wildman–Crippen MR) is 230 cm³/mol. The van der Waals surface area contributed by atoms with Crippen molar-refractivity contribution in [3.05, 3.63) is 65.9 Å². The van der Waals surface area contributed by atoms with Crippen molar-refractivity contribution < 1.29 is 33.4 Å². The highest BCUT2D eigenvalue weighted by Gasteiger charge is 2.42. The van der Waals surface area contributed by atoms with Crippen molar-refractivity contribution in [1.29, 1.82) is 0 Å². The number of amides is 4. The number of methoxy groups -OCH3 is 2. The van der Waals surface area contributed by atoms with Gasteiger partial charge in [-0.25, -0.2) is 19.6 Å². The fourth-order valence-corrected chi connectivity index (χ4v) is 9.37. The highest BCUT2D eigenvalue weighted by molar-refractivity contribution is 6.07. The Morgan fingerprint density at radius 2 is 1.59 bits per heavy atom. The molecule has 5 heterocycles. The number of H-pyrrole nitrogens is 2. The number of carbonyl (C=O) groups excluding carboxylic acids is 4. The lowest BCUT2D eigenvalue weighted by molar-refractivity contribution is -0.137. The number of carbonyl (C=O) groups is 4. The zero-order chi connectivity index (χ0) is 43.3. The van der Waals surface area contributed by atoms with E-state index < -0.39 is 24.3 Å². The molecule has 15 nitrogen and oxygen atoms in total. The Kier molecular flexibility index (Phi) is 11.4. The molecule has 3 aliphatic heterocycles. The third kappa shape index (κ3) is 7.74. The summed E-state index contributed by atoms with van der Waals surface area (Å²) < 4.78 is 16.1. The summed E-state index contributed by atoms with van der Waals surface area (Å²) in [4.78, 5) is 72.9. The molecule has 322 valence electrons. The molecule has 3 aromatic carbocycles. The van der Waals surface area contributed by atoms with Crippen molar-refractivity contribution in [2.75, 3.05) is 20.8 Å². The summed E-state index contributed by atoms with van der Waals surface area (Å²) in [5, 5.41) is 7.44. The summed E-state index contributed by atoms with van der Waals surface area (Å²) in [6.45, 7) is 12.8. The van der Waals surface area contributed by atoms with Crippen LogP contribution < -0.4 is 15.4 Å². The number of rotatable bonds is 10. The summed E-state index contributed by atoms with van der Waals surface area (Å²) in [7, 11) is 2.59. The first-order chi connectivity index (χ1) is 29.3. The average Bonchev–Trinajstić information content (AvgIpc) is 4.08. The quantitative estimate of drug-likeness (QED) is 0.109. The van der Waals surface area contributed by atoms with Crippen LogP contribution in [0.1, 0.15) is 96.5 Å². The van der Waals surface area contributed by atoms with Crippen molar-refractivity contribution in [1.82, 2.24) is 40.4 Å². The van der Waals surface area contributed by atoms with E-state index >= 15 is 0 Å². The number of ether oxygens (including phenoxy) is 3. The van der Waals surface area contributed by atoms with E-state index in [4.69, 9.17) is 24.2 Å². The molecule has 2 saturated heterocycles. The normalized spacial score (nSPS) is 20.7. The van der Waals surface area contributed by atoms with Crippen LogP contribution in [0.3, 0.4) is 0 Å². The summed E-state index contributed by atoms with van der Waals surface area (Å²) in [5.41, 5.74) is 6.60. The second kappa shape index (κ2) is 16.7. The molecule has 15 heteroatoms. The molecule has 61 heavy (non-hydrogen) atoms. The summed E-state index contributed by atoms with van der Waals surface area (Å²) in [5.74, 6) is 1.96. The number of fused-ring (bicyclic) bond motifs is 6. The number of nitrogens with zero attached hydrogens (tertiary/aromatic N) is 4. The summed E-state index contributed by atoms with van der Waals surface area (Å²) >= 11 is 0. The minimum absolute atomic E-state index is 0.0160. The molecule has 0 spiro atoms. The van der Waals surface area contributed by atoms with Crippen molar-refractivity contribution in [2.45, 2.75) is 104 Å². The Morgan fingerprint density at radius 3 is 2.28 bits per heavy atom. The molecule has 5 aromatic rings. The third-order valence-electron chi connectivity index (χ3n) is 12.9. The standard InChI is InChI=1S/C46H56N8O7/c1-9-26-16-36(53(21-26)43(55)38(23(2)3)51-45(57)59-7)42-48-33-14-12-27-18-32-30-13-11-28(17-29(30)22-61-37(32)19-31(27)40(33)50-42)34-20-47-41(49-34)35-15-10-25(6)54(35)44(56)39(24(4)5)52-46(58)60-8/h11-14,17-20,23-26,35-36,38-39H,9-10,15-16,21-22H2,1-8H3,(H,47,49)(H,48,50)(H,51,57)(H,52,58)/t25-,26-,35-,36-,38-,39-/m0/s1. The molecule has 2 aromatic heterocycles. The maximum absolute atomic E-state index is 14.0. The number of aromatic nitrogens is 4. The Hall–Kier alpha value is -6.12. The molecule has 0 radical (unpaired) electrons. The van der Waals surface area contributed by atoms with Gasteiger partial charge in [-0.05, 0) is 90.3 Å². The molecule has 0 saturated carbocycles. The van der Waals surface area contributed by atoms with Gasteiger partial charge in [-0.15, -0.1) is 0 Å². The maximum Gasteiger partial charge on any atom is 0.407 e. The van der Waals surface area contributed by atoms with Gasteiger partial charge in [-0.3, -0.25) is 9.59 Å². The number of benzene rings is 3. The number of imidazole rings is 2. The van der Waals surface area contributed by atoms with Gasteiger partial charge in [0.05, 0.1) is 49.2 Å². The van der Waals surface area contributed by atoms with Gasteiger partial charge >= 0.3 is 12.2 Å². The van der Waals surface area contributed by atoms with Gasteiger partial charge < -0.3 is 44.6 Å².